The minimum Gasteiger partial charge on any atom is -0.334 e. The van der Waals surface area contributed by atoms with Crippen LogP contribution in [0.1, 0.15) is 38.2 Å². The van der Waals surface area contributed by atoms with E-state index in [1.165, 1.54) is 31.3 Å². The lowest BCUT2D eigenvalue weighted by Gasteiger charge is -2.10. The van der Waals surface area contributed by atoms with Gasteiger partial charge in [-0.15, -0.1) is 0 Å². The second-order valence-corrected chi connectivity index (χ2v) is 5.76. The molecule has 4 heteroatoms. The highest BCUT2D eigenvalue weighted by Crippen LogP contribution is 2.30. The molecule has 0 atom stereocenters. The third-order valence-electron chi connectivity index (χ3n) is 3.77. The van der Waals surface area contributed by atoms with E-state index in [0.29, 0.717) is 17.5 Å². The van der Waals surface area contributed by atoms with Crippen LogP contribution in [-0.4, -0.2) is 6.03 Å². The van der Waals surface area contributed by atoms with Crippen molar-refractivity contribution in [3.63, 3.8) is 0 Å². The Hall–Kier alpha value is -1.48. The SMILES string of the molecule is C/C(=C\NC(=O)NCc1cccc(Cl)c1)C1CCCC1. The lowest BCUT2D eigenvalue weighted by Crippen LogP contribution is -2.32. The topological polar surface area (TPSA) is 41.1 Å². The summed E-state index contributed by atoms with van der Waals surface area (Å²) in [5, 5.41) is 6.30. The van der Waals surface area contributed by atoms with Crippen LogP contribution in [0.4, 0.5) is 4.79 Å². The van der Waals surface area contributed by atoms with Crippen molar-refractivity contribution in [1.29, 1.82) is 0 Å². The molecule has 3 nitrogen and oxygen atoms in total. The van der Waals surface area contributed by atoms with Gasteiger partial charge in [-0.05, 0) is 43.4 Å². The highest BCUT2D eigenvalue weighted by molar-refractivity contribution is 6.30. The molecule has 0 unspecified atom stereocenters. The number of urea groups is 1. The molecule has 1 saturated carbocycles. The molecule has 2 N–H and O–H groups in total. The Kier molecular flexibility index (Phi) is 5.48. The molecule has 20 heavy (non-hydrogen) atoms. The number of nitrogens with one attached hydrogen (secondary N) is 2. The first-order chi connectivity index (χ1) is 9.65. The molecule has 2 amide bonds. The summed E-state index contributed by atoms with van der Waals surface area (Å²) >= 11 is 5.90. The summed E-state index contributed by atoms with van der Waals surface area (Å²) in [4.78, 5) is 11.7. The van der Waals surface area contributed by atoms with Crippen LogP contribution >= 0.6 is 11.6 Å². The van der Waals surface area contributed by atoms with Gasteiger partial charge in [0.15, 0.2) is 0 Å². The smallest absolute Gasteiger partial charge is 0.319 e. The van der Waals surface area contributed by atoms with E-state index in [0.717, 1.165) is 5.56 Å². The van der Waals surface area contributed by atoms with E-state index < -0.39 is 0 Å². The summed E-state index contributed by atoms with van der Waals surface area (Å²) in [6, 6.07) is 7.30. The number of rotatable bonds is 4. The summed E-state index contributed by atoms with van der Waals surface area (Å²) in [5.74, 6) is 0.642. The Labute approximate surface area is 125 Å². The fraction of sp³-hybridized carbons (Fsp3) is 0.438. The van der Waals surface area contributed by atoms with Crippen LogP contribution in [0.5, 0.6) is 0 Å². The van der Waals surface area contributed by atoms with E-state index in [1.807, 2.05) is 30.5 Å². The first kappa shape index (κ1) is 14.9. The van der Waals surface area contributed by atoms with E-state index in [1.54, 1.807) is 0 Å². The Morgan fingerprint density at radius 2 is 2.15 bits per heavy atom. The Morgan fingerprint density at radius 3 is 2.85 bits per heavy atom. The second kappa shape index (κ2) is 7.34. The van der Waals surface area contributed by atoms with Gasteiger partial charge >= 0.3 is 6.03 Å². The van der Waals surface area contributed by atoms with Gasteiger partial charge in [-0.25, -0.2) is 4.79 Å². The predicted molar refractivity (Wildman–Crippen MR) is 82.5 cm³/mol. The molecule has 0 spiro atoms. The second-order valence-electron chi connectivity index (χ2n) is 5.33. The molecule has 108 valence electrons. The molecule has 1 fully saturated rings. The van der Waals surface area contributed by atoms with Crippen LogP contribution in [-0.2, 0) is 6.54 Å². The molecule has 1 aromatic rings. The average Bonchev–Trinajstić information content (AvgIpc) is 2.97. The zero-order valence-electron chi connectivity index (χ0n) is 11.8. The number of amides is 2. The Morgan fingerprint density at radius 1 is 1.40 bits per heavy atom. The highest BCUT2D eigenvalue weighted by atomic mass is 35.5. The quantitative estimate of drug-likeness (QED) is 0.856. The zero-order chi connectivity index (χ0) is 14.4. The maximum absolute atomic E-state index is 11.7. The van der Waals surface area contributed by atoms with E-state index >= 15 is 0 Å². The number of allylic oxidation sites excluding steroid dienone is 1. The first-order valence-electron chi connectivity index (χ1n) is 7.10. The van der Waals surface area contributed by atoms with Gasteiger partial charge in [-0.3, -0.25) is 0 Å². The number of benzene rings is 1. The molecule has 0 bridgehead atoms. The molecular weight excluding hydrogens is 272 g/mol. The molecule has 0 saturated heterocycles. The monoisotopic (exact) mass is 292 g/mol. The lowest BCUT2D eigenvalue weighted by molar-refractivity contribution is 0.243. The molecule has 1 aliphatic rings. The maximum atomic E-state index is 11.7. The molecule has 2 rings (SSSR count). The molecule has 1 aromatic carbocycles. The van der Waals surface area contributed by atoms with E-state index in [9.17, 15) is 4.79 Å². The lowest BCUT2D eigenvalue weighted by atomic mass is 10.0. The van der Waals surface area contributed by atoms with Gasteiger partial charge in [0, 0.05) is 17.8 Å². The van der Waals surface area contributed by atoms with Crippen LogP contribution in [0.2, 0.25) is 5.02 Å². The Balaban J connectivity index is 1.76. The molecular formula is C16H21ClN2O. The number of halogens is 1. The number of hydrogen-bond acceptors (Lipinski definition) is 1. The molecule has 1 aliphatic carbocycles. The molecule has 0 aromatic heterocycles. The van der Waals surface area contributed by atoms with Crippen molar-refractivity contribution in [2.45, 2.75) is 39.2 Å². The van der Waals surface area contributed by atoms with Crippen molar-refractivity contribution >= 4 is 17.6 Å². The summed E-state index contributed by atoms with van der Waals surface area (Å²) in [7, 11) is 0. The summed E-state index contributed by atoms with van der Waals surface area (Å²) in [5.41, 5.74) is 2.25. The molecule has 0 heterocycles. The van der Waals surface area contributed by atoms with Crippen molar-refractivity contribution in [2.24, 2.45) is 5.92 Å². The van der Waals surface area contributed by atoms with Gasteiger partial charge in [0.1, 0.15) is 0 Å². The third-order valence-corrected chi connectivity index (χ3v) is 4.01. The van der Waals surface area contributed by atoms with Crippen molar-refractivity contribution in [1.82, 2.24) is 10.6 Å². The van der Waals surface area contributed by atoms with Gasteiger partial charge in [-0.2, -0.15) is 0 Å². The van der Waals surface area contributed by atoms with Crippen LogP contribution in [0.25, 0.3) is 0 Å². The number of carbonyl (C=O) groups excluding carboxylic acids is 1. The molecule has 0 radical (unpaired) electrons. The summed E-state index contributed by atoms with van der Waals surface area (Å²) in [6.45, 7) is 2.57. The number of carbonyl (C=O) groups is 1. The zero-order valence-corrected chi connectivity index (χ0v) is 12.5. The summed E-state index contributed by atoms with van der Waals surface area (Å²) in [6.07, 6.45) is 6.93. The highest BCUT2D eigenvalue weighted by Gasteiger charge is 2.16. The van der Waals surface area contributed by atoms with Gasteiger partial charge in [-0.1, -0.05) is 42.1 Å². The van der Waals surface area contributed by atoms with Crippen molar-refractivity contribution < 1.29 is 4.79 Å². The van der Waals surface area contributed by atoms with Crippen molar-refractivity contribution in [2.75, 3.05) is 0 Å². The Bertz CT molecular complexity index is 493. The van der Waals surface area contributed by atoms with Crippen molar-refractivity contribution in [3.05, 3.63) is 46.6 Å². The van der Waals surface area contributed by atoms with Crippen molar-refractivity contribution in [3.8, 4) is 0 Å². The van der Waals surface area contributed by atoms with E-state index in [4.69, 9.17) is 11.6 Å². The third kappa shape index (κ3) is 4.57. The average molecular weight is 293 g/mol. The maximum Gasteiger partial charge on any atom is 0.319 e. The van der Waals surface area contributed by atoms with Crippen LogP contribution in [0.15, 0.2) is 36.0 Å². The minimum absolute atomic E-state index is 0.178. The van der Waals surface area contributed by atoms with E-state index in [2.05, 4.69) is 17.6 Å². The van der Waals surface area contributed by atoms with Crippen LogP contribution < -0.4 is 10.6 Å². The standard InChI is InChI=1S/C16H21ClN2O/c1-12(14-6-2-3-7-14)10-18-16(20)19-11-13-5-4-8-15(17)9-13/h4-5,8-10,14H,2-3,6-7,11H2,1H3,(H2,18,19,20)/b12-10+. The van der Waals surface area contributed by atoms with E-state index in [-0.39, 0.29) is 6.03 Å². The number of hydrogen-bond donors (Lipinski definition) is 2. The van der Waals surface area contributed by atoms with Crippen LogP contribution in [0.3, 0.4) is 0 Å². The summed E-state index contributed by atoms with van der Waals surface area (Å²) < 4.78 is 0. The predicted octanol–water partition coefficient (Wildman–Crippen LogP) is 4.23. The molecule has 0 aliphatic heterocycles. The van der Waals surface area contributed by atoms with Gasteiger partial charge in [0.25, 0.3) is 0 Å². The first-order valence-corrected chi connectivity index (χ1v) is 7.48. The normalized spacial score (nSPS) is 16.2. The van der Waals surface area contributed by atoms with Gasteiger partial charge in [0.2, 0.25) is 0 Å². The van der Waals surface area contributed by atoms with Gasteiger partial charge in [0.05, 0.1) is 0 Å². The fourth-order valence-corrected chi connectivity index (χ4v) is 2.77. The fourth-order valence-electron chi connectivity index (χ4n) is 2.56. The van der Waals surface area contributed by atoms with Crippen LogP contribution in [0, 0.1) is 5.92 Å². The minimum atomic E-state index is -0.178. The largest absolute Gasteiger partial charge is 0.334 e. The van der Waals surface area contributed by atoms with Gasteiger partial charge < -0.3 is 10.6 Å².